The molecule has 0 spiro atoms. The molecule has 124 valence electrons. The second kappa shape index (κ2) is 7.59. The average molecular weight is 321 g/mol. The first-order chi connectivity index (χ1) is 11.7. The molecule has 3 rings (SSSR count). The quantitative estimate of drug-likeness (QED) is 0.567. The van der Waals surface area contributed by atoms with Gasteiger partial charge in [0.15, 0.2) is 0 Å². The zero-order valence-electron chi connectivity index (χ0n) is 14.2. The van der Waals surface area contributed by atoms with Gasteiger partial charge in [-0.05, 0) is 34.9 Å². The number of hydrogen-bond acceptors (Lipinski definition) is 1. The molecular formula is C22H24FN. The predicted octanol–water partition coefficient (Wildman–Crippen LogP) is 5.84. The number of fused-ring (bicyclic) bond motifs is 1. The molecule has 0 fully saturated rings. The van der Waals surface area contributed by atoms with Crippen molar-refractivity contribution in [3.8, 4) is 11.1 Å². The molecule has 3 aromatic carbocycles. The van der Waals surface area contributed by atoms with Crippen LogP contribution in [0.25, 0.3) is 21.9 Å². The summed E-state index contributed by atoms with van der Waals surface area (Å²) in [6.45, 7) is 2.71. The number of nitrogens with two attached hydrogens (primary N) is 1. The fraction of sp³-hybridized carbons (Fsp3) is 0.273. The van der Waals surface area contributed by atoms with Gasteiger partial charge in [-0.1, -0.05) is 74.4 Å². The number of unbranched alkanes of at least 4 members (excludes halogenated alkanes) is 2. The smallest absolute Gasteiger partial charge is 0.138 e. The van der Waals surface area contributed by atoms with Crippen LogP contribution in [0.4, 0.5) is 4.39 Å². The second-order valence-corrected chi connectivity index (χ2v) is 6.34. The Balaban J connectivity index is 1.93. The lowest BCUT2D eigenvalue weighted by atomic mass is 9.97. The third-order valence-electron chi connectivity index (χ3n) is 4.59. The molecule has 24 heavy (non-hydrogen) atoms. The second-order valence-electron chi connectivity index (χ2n) is 6.34. The zero-order chi connectivity index (χ0) is 16.9. The molecule has 0 aliphatic rings. The Morgan fingerprint density at radius 2 is 1.62 bits per heavy atom. The van der Waals surface area contributed by atoms with Crippen molar-refractivity contribution in [1.82, 2.24) is 0 Å². The van der Waals surface area contributed by atoms with Crippen molar-refractivity contribution in [3.05, 3.63) is 71.5 Å². The van der Waals surface area contributed by atoms with Crippen LogP contribution in [0.2, 0.25) is 0 Å². The third kappa shape index (κ3) is 3.49. The highest BCUT2D eigenvalue weighted by atomic mass is 19.1. The fourth-order valence-corrected chi connectivity index (χ4v) is 3.12. The van der Waals surface area contributed by atoms with Gasteiger partial charge in [0.05, 0.1) is 0 Å². The van der Waals surface area contributed by atoms with E-state index in [4.69, 9.17) is 5.73 Å². The lowest BCUT2D eigenvalue weighted by molar-refractivity contribution is 0.643. The molecule has 0 atom stereocenters. The van der Waals surface area contributed by atoms with Crippen molar-refractivity contribution in [2.75, 3.05) is 0 Å². The van der Waals surface area contributed by atoms with Crippen LogP contribution >= 0.6 is 0 Å². The molecular weight excluding hydrogens is 297 g/mol. The molecule has 0 aliphatic carbocycles. The van der Waals surface area contributed by atoms with Crippen LogP contribution in [-0.4, -0.2) is 0 Å². The van der Waals surface area contributed by atoms with Crippen LogP contribution in [0.1, 0.15) is 37.3 Å². The van der Waals surface area contributed by atoms with Crippen molar-refractivity contribution in [1.29, 1.82) is 0 Å². The van der Waals surface area contributed by atoms with Gasteiger partial charge in [-0.15, -0.1) is 0 Å². The van der Waals surface area contributed by atoms with Crippen molar-refractivity contribution < 1.29 is 4.39 Å². The third-order valence-corrected chi connectivity index (χ3v) is 4.59. The number of hydrogen-bond donors (Lipinski definition) is 1. The van der Waals surface area contributed by atoms with Crippen LogP contribution in [0, 0.1) is 5.82 Å². The number of benzene rings is 3. The van der Waals surface area contributed by atoms with E-state index in [1.54, 1.807) is 0 Å². The molecule has 0 aliphatic heterocycles. The van der Waals surface area contributed by atoms with Crippen LogP contribution in [-0.2, 0) is 13.0 Å². The van der Waals surface area contributed by atoms with Crippen LogP contribution in [0.5, 0.6) is 0 Å². The van der Waals surface area contributed by atoms with Crippen molar-refractivity contribution >= 4 is 10.8 Å². The van der Waals surface area contributed by atoms with Gasteiger partial charge in [-0.25, -0.2) is 4.39 Å². The van der Waals surface area contributed by atoms with Gasteiger partial charge in [0.2, 0.25) is 0 Å². The van der Waals surface area contributed by atoms with Gasteiger partial charge in [-0.2, -0.15) is 0 Å². The SMILES string of the molecule is CCCCCc1ccc2c(F)c(-c3ccc(CN)cc3)ccc2c1. The van der Waals surface area contributed by atoms with E-state index in [1.807, 2.05) is 42.5 Å². The minimum absolute atomic E-state index is 0.145. The Morgan fingerprint density at radius 3 is 2.33 bits per heavy atom. The van der Waals surface area contributed by atoms with E-state index in [0.717, 1.165) is 22.9 Å². The molecule has 0 saturated heterocycles. The van der Waals surface area contributed by atoms with Gasteiger partial charge in [0.25, 0.3) is 0 Å². The number of halogens is 1. The standard InChI is InChI=1S/C22H24FN/c1-2-3-4-5-16-8-12-21-19(14-16)11-13-20(22(21)23)18-9-6-17(15-24)7-10-18/h6-14H,2-5,15,24H2,1H3. The summed E-state index contributed by atoms with van der Waals surface area (Å²) in [4.78, 5) is 0. The zero-order valence-corrected chi connectivity index (χ0v) is 14.2. The van der Waals surface area contributed by atoms with Gasteiger partial charge in [-0.3, -0.25) is 0 Å². The summed E-state index contributed by atoms with van der Waals surface area (Å²) < 4.78 is 15.0. The molecule has 2 heteroatoms. The Hall–Kier alpha value is -2.19. The first-order valence-electron chi connectivity index (χ1n) is 8.73. The highest BCUT2D eigenvalue weighted by Gasteiger charge is 2.10. The van der Waals surface area contributed by atoms with Gasteiger partial charge in [0.1, 0.15) is 5.82 Å². The minimum atomic E-state index is -0.145. The van der Waals surface area contributed by atoms with E-state index in [-0.39, 0.29) is 5.82 Å². The van der Waals surface area contributed by atoms with E-state index in [1.165, 1.54) is 24.8 Å². The highest BCUT2D eigenvalue weighted by molar-refractivity contribution is 5.88. The van der Waals surface area contributed by atoms with Crippen molar-refractivity contribution in [3.63, 3.8) is 0 Å². The molecule has 0 bridgehead atoms. The highest BCUT2D eigenvalue weighted by Crippen LogP contribution is 2.30. The Kier molecular flexibility index (Phi) is 5.27. The molecule has 0 heterocycles. The van der Waals surface area contributed by atoms with E-state index < -0.39 is 0 Å². The molecule has 1 nitrogen and oxygen atoms in total. The minimum Gasteiger partial charge on any atom is -0.326 e. The summed E-state index contributed by atoms with van der Waals surface area (Å²) in [7, 11) is 0. The molecule has 3 aromatic rings. The summed E-state index contributed by atoms with van der Waals surface area (Å²) in [6.07, 6.45) is 4.71. The van der Waals surface area contributed by atoms with Gasteiger partial charge >= 0.3 is 0 Å². The Labute approximate surface area is 143 Å². The summed E-state index contributed by atoms with van der Waals surface area (Å²) in [5.41, 5.74) is 9.50. The summed E-state index contributed by atoms with van der Waals surface area (Å²) in [5, 5.41) is 1.67. The number of rotatable bonds is 6. The summed E-state index contributed by atoms with van der Waals surface area (Å²) in [6, 6.07) is 17.8. The van der Waals surface area contributed by atoms with Crippen LogP contribution < -0.4 is 5.73 Å². The van der Waals surface area contributed by atoms with Gasteiger partial charge in [0, 0.05) is 17.5 Å². The lowest BCUT2D eigenvalue weighted by Gasteiger charge is -2.09. The number of aryl methyl sites for hydroxylation is 1. The van der Waals surface area contributed by atoms with Crippen LogP contribution in [0.15, 0.2) is 54.6 Å². The predicted molar refractivity (Wildman–Crippen MR) is 100 cm³/mol. The largest absolute Gasteiger partial charge is 0.326 e. The monoisotopic (exact) mass is 321 g/mol. The normalized spacial score (nSPS) is 11.1. The van der Waals surface area contributed by atoms with E-state index in [2.05, 4.69) is 19.1 Å². The molecule has 0 aromatic heterocycles. The maximum absolute atomic E-state index is 15.0. The Bertz CT molecular complexity index is 821. The van der Waals surface area contributed by atoms with E-state index in [9.17, 15) is 4.39 Å². The molecule has 0 amide bonds. The summed E-state index contributed by atoms with van der Waals surface area (Å²) >= 11 is 0. The van der Waals surface area contributed by atoms with Gasteiger partial charge < -0.3 is 5.73 Å². The molecule has 2 N–H and O–H groups in total. The van der Waals surface area contributed by atoms with Crippen molar-refractivity contribution in [2.45, 2.75) is 39.2 Å². The van der Waals surface area contributed by atoms with Crippen LogP contribution in [0.3, 0.4) is 0 Å². The molecule has 0 saturated carbocycles. The maximum Gasteiger partial charge on any atom is 0.138 e. The van der Waals surface area contributed by atoms with E-state index >= 15 is 0 Å². The molecule has 0 unspecified atom stereocenters. The average Bonchev–Trinajstić information content (AvgIpc) is 2.62. The first kappa shape index (κ1) is 16.7. The Morgan fingerprint density at radius 1 is 0.875 bits per heavy atom. The van der Waals surface area contributed by atoms with E-state index in [0.29, 0.717) is 17.5 Å². The topological polar surface area (TPSA) is 26.0 Å². The maximum atomic E-state index is 15.0. The fourth-order valence-electron chi connectivity index (χ4n) is 3.12. The molecule has 0 radical (unpaired) electrons. The first-order valence-corrected chi connectivity index (χ1v) is 8.73. The lowest BCUT2D eigenvalue weighted by Crippen LogP contribution is -1.95. The van der Waals surface area contributed by atoms with Crippen molar-refractivity contribution in [2.24, 2.45) is 5.73 Å². The summed E-state index contributed by atoms with van der Waals surface area (Å²) in [5.74, 6) is -0.145.